The molecule has 2 heterocycles. The molecule has 13 aromatic carbocycles. The molecule has 2 aliphatic heterocycles. The zero-order chi connectivity index (χ0) is 99.3. The summed E-state index contributed by atoms with van der Waals surface area (Å²) in [5.74, 6) is 0.783. The molecule has 0 saturated carbocycles. The number of nitro groups is 4. The number of benzene rings is 13. The Morgan fingerprint density at radius 3 is 1.14 bits per heavy atom. The van der Waals surface area contributed by atoms with Crippen LogP contribution in [0.5, 0.6) is 69.0 Å². The number of fused-ring (bicyclic) bond motifs is 2. The van der Waals surface area contributed by atoms with E-state index in [4.69, 9.17) is 67.1 Å². The number of ether oxygens (including phenoxy) is 12. The summed E-state index contributed by atoms with van der Waals surface area (Å²) in [4.78, 5) is 128. The van der Waals surface area contributed by atoms with E-state index in [0.29, 0.717) is 93.7 Å². The van der Waals surface area contributed by atoms with Gasteiger partial charge in [-0.05, 0) is 107 Å². The van der Waals surface area contributed by atoms with Gasteiger partial charge in [-0.1, -0.05) is 164 Å². The van der Waals surface area contributed by atoms with Crippen molar-refractivity contribution in [3.8, 4) is 69.0 Å². The highest BCUT2D eigenvalue weighted by atomic mass is 16.6. The summed E-state index contributed by atoms with van der Waals surface area (Å²) < 4.78 is 64.0. The predicted molar refractivity (Wildman–Crippen MR) is 504 cm³/mol. The fourth-order valence-corrected chi connectivity index (χ4v) is 14.0. The van der Waals surface area contributed by atoms with Crippen molar-refractivity contribution in [1.82, 2.24) is 0 Å². The molecular weight excluding hydrogens is 1790 g/mol. The molecule has 0 fully saturated rings. The molecule has 2 aliphatic rings. The van der Waals surface area contributed by atoms with Crippen LogP contribution in [0.15, 0.2) is 285 Å². The summed E-state index contributed by atoms with van der Waals surface area (Å²) in [5.41, 5.74) is 5.18. The number of aromatic hydroxyl groups is 1. The highest BCUT2D eigenvalue weighted by molar-refractivity contribution is 6.13. The Balaban J connectivity index is 0.000000176. The topological polar surface area (TPSA) is 470 Å². The minimum absolute atomic E-state index is 0.000168. The maximum absolute atomic E-state index is 13.7. The lowest BCUT2D eigenvalue weighted by molar-refractivity contribution is -0.385. The van der Waals surface area contributed by atoms with Gasteiger partial charge in [-0.2, -0.15) is 0 Å². The van der Waals surface area contributed by atoms with Crippen LogP contribution in [-0.2, 0) is 55.4 Å². The second kappa shape index (κ2) is 50.5. The number of amides is 2. The van der Waals surface area contributed by atoms with E-state index >= 15 is 0 Å². The van der Waals surface area contributed by atoms with Crippen molar-refractivity contribution in [2.45, 2.75) is 58.0 Å². The SMILES string of the molecule is COC(=O)[C@H]1Cc2ccccc2N1C(=O)c1cc(OC)c(COc2ccccc2)cc1[N+](=O)[O-].COc1cc(C(=O)N2c3ccccc3C[C@@H]2CO)c([N+](=O)[O-])cc1COc1ccccc1.COc1cc(C(=O)O)c([N+](=O)[O-])cc1OCc1ccccc1.COc1cc(C=O)c([N+](=O)[O-])cc1OCc1ccccc1.COc1cc(C=O)ccc1O.COc1cc(C=O)ccc1OCc1ccccc1. The first-order chi connectivity index (χ1) is 66.7. The molecule has 0 unspecified atom stereocenters. The van der Waals surface area contributed by atoms with Gasteiger partial charge in [0.15, 0.2) is 52.3 Å². The Morgan fingerprint density at radius 2 is 0.725 bits per heavy atom. The molecule has 15 rings (SSSR count). The zero-order valence-electron chi connectivity index (χ0n) is 75.2. The fourth-order valence-electron chi connectivity index (χ4n) is 14.0. The van der Waals surface area contributed by atoms with Crippen molar-refractivity contribution in [2.24, 2.45) is 0 Å². The Bertz CT molecular complexity index is 6460. The van der Waals surface area contributed by atoms with Gasteiger partial charge in [0.2, 0.25) is 0 Å². The van der Waals surface area contributed by atoms with E-state index in [1.165, 1.54) is 107 Å². The monoisotopic (exact) mass is 1880 g/mol. The van der Waals surface area contributed by atoms with Crippen molar-refractivity contribution in [1.29, 1.82) is 0 Å². The van der Waals surface area contributed by atoms with Crippen LogP contribution in [0, 0.1) is 40.5 Å². The standard InChI is InChI=1S/C25H22N2O7.C24H22N2O6.C15H13NO6.C15H13NO5.C15H14O3.C8H8O3/c1-32-23-14-19(21(27(30)31)13-17(23)15-34-18-9-4-3-5-10-18)24(28)26-20-11-7-6-8-16(20)12-22(26)25(29)33-2;1-31-23-13-20(24(28)25-18(14-27)11-16-7-5-6-10-21(16)25)22(26(29)30)12-17(23)15-32-19-8-3-2-4-9-19;1-21-13-7-11(15(17)18)12(16(19)20)8-14(13)22-9-10-5-3-2-4-6-10;1-20-14-7-12(9-17)13(16(18)19)8-15(14)21-10-11-5-3-2-4-6-11;1-17-15-9-13(10-16)7-8-14(15)18-11-12-5-3-2-4-6-12;1-11-8-4-6(5-9)2-3-7(8)10/h3-11,13-14,22H,12,15H2,1-2H3;2-10,12-13,18,27H,11,14-15H2,1H3;2-8H,9H2,1H3,(H,17,18);2-9H,10H2,1H3;2-10H,11H2,1H3;2-5,10H,1H3/t22-;18-;;;;/m11..../s1. The average Bonchev–Trinajstić information content (AvgIpc) is 1.60. The maximum Gasteiger partial charge on any atom is 0.342 e. The third-order valence-corrected chi connectivity index (χ3v) is 20.8. The number of hydrogen-bond acceptors (Lipinski definition) is 29. The second-order valence-electron chi connectivity index (χ2n) is 29.4. The summed E-state index contributed by atoms with van der Waals surface area (Å²) in [6, 6.07) is 78.8. The number of aliphatic hydroxyl groups is 1. The van der Waals surface area contributed by atoms with E-state index in [-0.39, 0.29) is 102 Å². The molecule has 0 radical (unpaired) electrons. The number of aldehydes is 3. The van der Waals surface area contributed by atoms with Crippen LogP contribution >= 0.6 is 0 Å². The van der Waals surface area contributed by atoms with Crippen LogP contribution in [0.1, 0.15) is 101 Å². The van der Waals surface area contributed by atoms with Gasteiger partial charge in [0, 0.05) is 76.4 Å². The number of phenolic OH excluding ortho intramolecular Hbond substituents is 1. The number of hydrogen-bond donors (Lipinski definition) is 3. The minimum atomic E-state index is -1.40. The molecule has 0 saturated heterocycles. The summed E-state index contributed by atoms with van der Waals surface area (Å²) in [5, 5.41) is 73.7. The van der Waals surface area contributed by atoms with Gasteiger partial charge in [-0.15, -0.1) is 0 Å². The Hall–Kier alpha value is -18.1. The molecule has 0 aromatic heterocycles. The van der Waals surface area contributed by atoms with Gasteiger partial charge in [0.25, 0.3) is 34.6 Å². The first kappa shape index (κ1) is 102. The number of methoxy groups -OCH3 is 7. The number of carboxylic acids is 1. The lowest BCUT2D eigenvalue weighted by Crippen LogP contribution is -2.43. The maximum atomic E-state index is 13.7. The van der Waals surface area contributed by atoms with Crippen LogP contribution in [0.3, 0.4) is 0 Å². The molecular formula is C102H92N6O30. The third kappa shape index (κ3) is 26.9. The fraction of sp³-hybridized carbons (Fsp3) is 0.167. The van der Waals surface area contributed by atoms with Crippen LogP contribution in [0.25, 0.3) is 0 Å². The van der Waals surface area contributed by atoms with Crippen molar-refractivity contribution >= 4 is 76.7 Å². The first-order valence-electron chi connectivity index (χ1n) is 41.7. The Kier molecular flexibility index (Phi) is 37.3. The number of aliphatic hydroxyl groups excluding tert-OH is 1. The molecule has 2 amide bonds. The number of carbonyl (C=O) groups is 7. The first-order valence-corrected chi connectivity index (χ1v) is 41.7. The number of aromatic carboxylic acids is 1. The highest BCUT2D eigenvalue weighted by Gasteiger charge is 2.43. The van der Waals surface area contributed by atoms with Crippen molar-refractivity contribution < 1.29 is 125 Å². The third-order valence-electron chi connectivity index (χ3n) is 20.8. The van der Waals surface area contributed by atoms with Gasteiger partial charge >= 0.3 is 11.9 Å². The summed E-state index contributed by atoms with van der Waals surface area (Å²) >= 11 is 0. The Labute approximate surface area is 789 Å². The largest absolute Gasteiger partial charge is 0.504 e. The van der Waals surface area contributed by atoms with Crippen LogP contribution < -0.4 is 61.9 Å². The quantitative estimate of drug-likeness (QED) is 0.0149. The number of phenols is 1. The number of nitro benzene ring substituents is 4. The van der Waals surface area contributed by atoms with Crippen LogP contribution in [0.2, 0.25) is 0 Å². The molecule has 13 aromatic rings. The van der Waals surface area contributed by atoms with Crippen LogP contribution in [0.4, 0.5) is 34.1 Å². The van der Waals surface area contributed by atoms with Gasteiger partial charge in [-0.25, -0.2) is 9.59 Å². The average molecular weight is 1880 g/mol. The molecule has 36 nitrogen and oxygen atoms in total. The van der Waals surface area contributed by atoms with E-state index in [2.05, 4.69) is 0 Å². The number of anilines is 2. The zero-order valence-corrected chi connectivity index (χ0v) is 75.2. The molecule has 3 N–H and O–H groups in total. The van der Waals surface area contributed by atoms with E-state index in [9.17, 15) is 79.1 Å². The normalized spacial score (nSPS) is 12.1. The number of carbonyl (C=O) groups excluding carboxylic acids is 6. The molecule has 0 aliphatic carbocycles. The summed E-state index contributed by atoms with van der Waals surface area (Å²) in [6.45, 7) is 0.676. The van der Waals surface area contributed by atoms with Crippen molar-refractivity contribution in [3.63, 3.8) is 0 Å². The van der Waals surface area contributed by atoms with Crippen molar-refractivity contribution in [2.75, 3.05) is 66.2 Å². The van der Waals surface area contributed by atoms with E-state index < -0.39 is 72.5 Å². The number of para-hydroxylation sites is 4. The van der Waals surface area contributed by atoms with E-state index in [1.807, 2.05) is 140 Å². The summed E-state index contributed by atoms with van der Waals surface area (Å²) in [6.07, 6.45) is 2.63. The van der Waals surface area contributed by atoms with E-state index in [1.54, 1.807) is 86.0 Å². The molecule has 2 atom stereocenters. The Morgan fingerprint density at radius 1 is 0.362 bits per heavy atom. The van der Waals surface area contributed by atoms with Crippen LogP contribution in [-0.4, -0.2) is 146 Å². The minimum Gasteiger partial charge on any atom is -0.504 e. The number of nitrogens with zero attached hydrogens (tertiary/aromatic N) is 6. The molecule has 710 valence electrons. The highest BCUT2D eigenvalue weighted by Crippen LogP contribution is 2.42. The smallest absolute Gasteiger partial charge is 0.342 e. The summed E-state index contributed by atoms with van der Waals surface area (Å²) in [7, 11) is 9.81. The van der Waals surface area contributed by atoms with Gasteiger partial charge in [-0.3, -0.25) is 69.3 Å². The molecule has 0 spiro atoms. The molecule has 138 heavy (non-hydrogen) atoms. The lowest BCUT2D eigenvalue weighted by Gasteiger charge is -2.24. The predicted octanol–water partition coefficient (Wildman–Crippen LogP) is 17.8. The van der Waals surface area contributed by atoms with Crippen molar-refractivity contribution in [3.05, 3.63) is 398 Å². The number of rotatable bonds is 33. The number of esters is 1. The van der Waals surface area contributed by atoms with Gasteiger partial charge < -0.3 is 77.1 Å². The number of carboxylic acid groups (broad SMARTS) is 1. The molecule has 36 heteroatoms. The van der Waals surface area contributed by atoms with Gasteiger partial charge in [0.05, 0.1) is 99.8 Å². The van der Waals surface area contributed by atoms with Gasteiger partial charge in [0.1, 0.15) is 91.3 Å². The lowest BCUT2D eigenvalue weighted by atomic mass is 10.1. The van der Waals surface area contributed by atoms with E-state index in [0.717, 1.165) is 46.2 Å². The molecule has 0 bridgehead atoms. The second-order valence-corrected chi connectivity index (χ2v) is 29.4.